The van der Waals surface area contributed by atoms with E-state index in [9.17, 15) is 14.4 Å². The quantitative estimate of drug-likeness (QED) is 0.759. The Morgan fingerprint density at radius 2 is 2.10 bits per heavy atom. The SMILES string of the molecule is CCCC(=O)OCC(=O)Nc1nc(CC(=O)OC)cs1. The number of rotatable bonds is 7. The maximum Gasteiger partial charge on any atom is 0.311 e. The molecule has 0 spiro atoms. The van der Waals surface area contributed by atoms with Crippen molar-refractivity contribution < 1.29 is 23.9 Å². The van der Waals surface area contributed by atoms with Crippen molar-refractivity contribution in [3.05, 3.63) is 11.1 Å². The highest BCUT2D eigenvalue weighted by Crippen LogP contribution is 2.15. The van der Waals surface area contributed by atoms with Gasteiger partial charge in [0.25, 0.3) is 5.91 Å². The summed E-state index contributed by atoms with van der Waals surface area (Å²) in [6.45, 7) is 1.50. The van der Waals surface area contributed by atoms with Crippen molar-refractivity contribution >= 4 is 34.3 Å². The summed E-state index contributed by atoms with van der Waals surface area (Å²) in [5, 5.41) is 4.49. The van der Waals surface area contributed by atoms with Crippen LogP contribution >= 0.6 is 11.3 Å². The molecule has 0 aromatic carbocycles. The van der Waals surface area contributed by atoms with E-state index in [2.05, 4.69) is 15.0 Å². The van der Waals surface area contributed by atoms with E-state index in [1.165, 1.54) is 18.4 Å². The minimum Gasteiger partial charge on any atom is -0.469 e. The average Bonchev–Trinajstić information content (AvgIpc) is 2.83. The summed E-state index contributed by atoms with van der Waals surface area (Å²) in [5.41, 5.74) is 0.514. The number of carbonyl (C=O) groups is 3. The van der Waals surface area contributed by atoms with Crippen LogP contribution in [-0.4, -0.2) is 36.5 Å². The van der Waals surface area contributed by atoms with Crippen LogP contribution in [0.15, 0.2) is 5.38 Å². The predicted molar refractivity (Wildman–Crippen MR) is 72.3 cm³/mol. The zero-order chi connectivity index (χ0) is 15.0. The second-order valence-corrected chi connectivity index (χ2v) is 4.71. The fourth-order valence-corrected chi connectivity index (χ4v) is 1.97. The number of anilines is 1. The standard InChI is InChI=1S/C12H16N2O5S/c1-3-4-10(16)19-6-9(15)14-12-13-8(7-20-12)5-11(17)18-2/h7H,3-6H2,1-2H3,(H,13,14,15). The Kier molecular flexibility index (Phi) is 6.65. The molecule has 0 aliphatic carbocycles. The summed E-state index contributed by atoms with van der Waals surface area (Å²) >= 11 is 1.18. The third-order valence-electron chi connectivity index (χ3n) is 2.17. The number of nitrogens with zero attached hydrogens (tertiary/aromatic N) is 1. The summed E-state index contributed by atoms with van der Waals surface area (Å²) in [6.07, 6.45) is 1.01. The van der Waals surface area contributed by atoms with Gasteiger partial charge in [-0.25, -0.2) is 4.98 Å². The van der Waals surface area contributed by atoms with Crippen molar-refractivity contribution in [2.45, 2.75) is 26.2 Å². The number of hydrogen-bond acceptors (Lipinski definition) is 7. The molecule has 1 aromatic rings. The fraction of sp³-hybridized carbons (Fsp3) is 0.500. The minimum absolute atomic E-state index is 0.0500. The molecule has 0 saturated carbocycles. The number of nitrogens with one attached hydrogen (secondary N) is 1. The molecule has 1 N–H and O–H groups in total. The van der Waals surface area contributed by atoms with Gasteiger partial charge in [0.15, 0.2) is 11.7 Å². The average molecular weight is 300 g/mol. The molecule has 110 valence electrons. The maximum absolute atomic E-state index is 11.5. The van der Waals surface area contributed by atoms with Crippen molar-refractivity contribution in [1.29, 1.82) is 0 Å². The zero-order valence-electron chi connectivity index (χ0n) is 11.3. The van der Waals surface area contributed by atoms with Crippen molar-refractivity contribution in [3.8, 4) is 0 Å². The van der Waals surface area contributed by atoms with Gasteiger partial charge in [0.2, 0.25) is 0 Å². The van der Waals surface area contributed by atoms with E-state index >= 15 is 0 Å². The van der Waals surface area contributed by atoms with Crippen LogP contribution in [0.2, 0.25) is 0 Å². The lowest BCUT2D eigenvalue weighted by molar-refractivity contribution is -0.147. The number of methoxy groups -OCH3 is 1. The first-order chi connectivity index (χ1) is 9.55. The highest BCUT2D eigenvalue weighted by Gasteiger charge is 2.11. The molecule has 1 rings (SSSR count). The largest absolute Gasteiger partial charge is 0.469 e. The molecular weight excluding hydrogens is 284 g/mol. The topological polar surface area (TPSA) is 94.6 Å². The van der Waals surface area contributed by atoms with Crippen LogP contribution in [0.1, 0.15) is 25.5 Å². The molecule has 0 saturated heterocycles. The molecule has 20 heavy (non-hydrogen) atoms. The number of thiazole rings is 1. The fourth-order valence-electron chi connectivity index (χ4n) is 1.24. The third kappa shape index (κ3) is 5.79. The van der Waals surface area contributed by atoms with Gasteiger partial charge in [0, 0.05) is 11.8 Å². The number of carbonyl (C=O) groups excluding carboxylic acids is 3. The minimum atomic E-state index is -0.464. The molecule has 1 heterocycles. The third-order valence-corrected chi connectivity index (χ3v) is 2.98. The molecule has 0 unspecified atom stereocenters. The van der Waals surface area contributed by atoms with Crippen molar-refractivity contribution in [2.24, 2.45) is 0 Å². The van der Waals surface area contributed by atoms with E-state index < -0.39 is 17.8 Å². The van der Waals surface area contributed by atoms with Crippen molar-refractivity contribution in [2.75, 3.05) is 19.0 Å². The predicted octanol–water partition coefficient (Wildman–Crippen LogP) is 1.14. The van der Waals surface area contributed by atoms with Crippen LogP contribution < -0.4 is 5.32 Å². The maximum atomic E-state index is 11.5. The lowest BCUT2D eigenvalue weighted by Gasteiger charge is -2.03. The number of ether oxygens (including phenoxy) is 2. The second-order valence-electron chi connectivity index (χ2n) is 3.86. The summed E-state index contributed by atoms with van der Waals surface area (Å²) < 4.78 is 9.27. The Labute approximate surface area is 120 Å². The molecule has 7 nitrogen and oxygen atoms in total. The highest BCUT2D eigenvalue weighted by molar-refractivity contribution is 7.13. The van der Waals surface area contributed by atoms with Crippen LogP contribution in [0.5, 0.6) is 0 Å². The van der Waals surface area contributed by atoms with Gasteiger partial charge >= 0.3 is 11.9 Å². The van der Waals surface area contributed by atoms with E-state index in [4.69, 9.17) is 4.74 Å². The first-order valence-corrected chi connectivity index (χ1v) is 6.89. The van der Waals surface area contributed by atoms with E-state index in [1.54, 1.807) is 5.38 Å². The molecule has 0 fully saturated rings. The first kappa shape index (κ1) is 16.1. The Bertz CT molecular complexity index is 486. The zero-order valence-corrected chi connectivity index (χ0v) is 12.1. The Hall–Kier alpha value is -1.96. The molecule has 8 heteroatoms. The van der Waals surface area contributed by atoms with E-state index in [-0.39, 0.29) is 19.4 Å². The number of aromatic nitrogens is 1. The van der Waals surface area contributed by atoms with Gasteiger partial charge in [0.05, 0.1) is 19.2 Å². The van der Waals surface area contributed by atoms with Crippen LogP contribution in [-0.2, 0) is 30.3 Å². The summed E-state index contributed by atoms with van der Waals surface area (Å²) in [5.74, 6) is -1.27. The Balaban J connectivity index is 2.38. The summed E-state index contributed by atoms with van der Waals surface area (Å²) in [7, 11) is 1.29. The molecule has 1 aromatic heterocycles. The molecular formula is C12H16N2O5S. The smallest absolute Gasteiger partial charge is 0.311 e. The molecule has 0 atom stereocenters. The molecule has 1 amide bonds. The lowest BCUT2D eigenvalue weighted by Crippen LogP contribution is -2.20. The number of esters is 2. The summed E-state index contributed by atoms with van der Waals surface area (Å²) in [4.78, 5) is 37.7. The monoisotopic (exact) mass is 300 g/mol. The van der Waals surface area contributed by atoms with Crippen LogP contribution in [0, 0.1) is 0 Å². The van der Waals surface area contributed by atoms with E-state index in [0.29, 0.717) is 17.2 Å². The van der Waals surface area contributed by atoms with E-state index in [0.717, 1.165) is 0 Å². The van der Waals surface area contributed by atoms with Crippen molar-refractivity contribution in [1.82, 2.24) is 4.98 Å². The Morgan fingerprint density at radius 1 is 1.35 bits per heavy atom. The van der Waals surface area contributed by atoms with E-state index in [1.807, 2.05) is 6.92 Å². The van der Waals surface area contributed by atoms with Crippen LogP contribution in [0.25, 0.3) is 0 Å². The number of amides is 1. The first-order valence-electron chi connectivity index (χ1n) is 6.01. The molecule has 0 bridgehead atoms. The van der Waals surface area contributed by atoms with Crippen molar-refractivity contribution in [3.63, 3.8) is 0 Å². The highest BCUT2D eigenvalue weighted by atomic mass is 32.1. The van der Waals surface area contributed by atoms with Gasteiger partial charge in [-0.2, -0.15) is 0 Å². The van der Waals surface area contributed by atoms with Gasteiger partial charge in [0.1, 0.15) is 0 Å². The second kappa shape index (κ2) is 8.26. The number of hydrogen-bond donors (Lipinski definition) is 1. The van der Waals surface area contributed by atoms with Gasteiger partial charge in [-0.3, -0.25) is 19.7 Å². The van der Waals surface area contributed by atoms with Crippen LogP contribution in [0.3, 0.4) is 0 Å². The van der Waals surface area contributed by atoms with Gasteiger partial charge < -0.3 is 9.47 Å². The van der Waals surface area contributed by atoms with Gasteiger partial charge in [-0.15, -0.1) is 11.3 Å². The summed E-state index contributed by atoms with van der Waals surface area (Å²) in [6, 6.07) is 0. The molecule has 0 aliphatic rings. The lowest BCUT2D eigenvalue weighted by atomic mass is 10.3. The van der Waals surface area contributed by atoms with Crippen LogP contribution in [0.4, 0.5) is 5.13 Å². The normalized spacial score (nSPS) is 9.90. The van der Waals surface area contributed by atoms with Gasteiger partial charge in [-0.05, 0) is 6.42 Å². The molecule has 0 radical (unpaired) electrons. The van der Waals surface area contributed by atoms with Gasteiger partial charge in [-0.1, -0.05) is 6.92 Å². The molecule has 0 aliphatic heterocycles. The Morgan fingerprint density at radius 3 is 2.75 bits per heavy atom.